The van der Waals surface area contributed by atoms with Gasteiger partial charge in [-0.1, -0.05) is 18.2 Å². The number of anilines is 4. The number of hydrogen-bond donors (Lipinski definition) is 1. The Morgan fingerprint density at radius 1 is 1.09 bits per heavy atom. The second kappa shape index (κ2) is 8.88. The van der Waals surface area contributed by atoms with Gasteiger partial charge >= 0.3 is 0 Å². The number of carbonyl (C=O) groups is 1. The predicted molar refractivity (Wildman–Crippen MR) is 135 cm³/mol. The second-order valence-electron chi connectivity index (χ2n) is 8.05. The van der Waals surface area contributed by atoms with E-state index >= 15 is 0 Å². The molecule has 0 bridgehead atoms. The molecule has 2 fully saturated rings. The number of carbonyl (C=O) groups excluding carboxylic acids is 1. The number of para-hydroxylation sites is 1. The van der Waals surface area contributed by atoms with E-state index in [0.29, 0.717) is 21.8 Å². The van der Waals surface area contributed by atoms with E-state index in [0.717, 1.165) is 44.8 Å². The topological polar surface area (TPSA) is 78.6 Å². The summed E-state index contributed by atoms with van der Waals surface area (Å²) in [4.78, 5) is 28.9. The van der Waals surface area contributed by atoms with Crippen molar-refractivity contribution in [1.82, 2.24) is 9.97 Å². The SMILES string of the molecule is Nc1cc(N2CCN(c3ccccc3)CC2)nc(N(C(=O)C(=P)c2nccs2)C2CC2)c1. The van der Waals surface area contributed by atoms with Crippen molar-refractivity contribution in [2.24, 2.45) is 0 Å². The van der Waals surface area contributed by atoms with Crippen LogP contribution in [0.25, 0.3) is 0 Å². The van der Waals surface area contributed by atoms with Crippen LogP contribution in [-0.4, -0.2) is 53.4 Å². The molecule has 2 aliphatic rings. The number of nitrogens with zero attached hydrogens (tertiary/aromatic N) is 5. The van der Waals surface area contributed by atoms with E-state index in [1.165, 1.54) is 17.0 Å². The van der Waals surface area contributed by atoms with Crippen LogP contribution < -0.4 is 20.4 Å². The molecule has 1 aliphatic heterocycles. The highest BCUT2D eigenvalue weighted by Gasteiger charge is 2.37. The highest BCUT2D eigenvalue weighted by atomic mass is 32.1. The van der Waals surface area contributed by atoms with Gasteiger partial charge < -0.3 is 15.5 Å². The zero-order valence-corrected chi connectivity index (χ0v) is 19.5. The van der Waals surface area contributed by atoms with Crippen molar-refractivity contribution in [2.45, 2.75) is 18.9 Å². The molecule has 2 N–H and O–H groups in total. The van der Waals surface area contributed by atoms with Crippen molar-refractivity contribution in [1.29, 1.82) is 0 Å². The van der Waals surface area contributed by atoms with E-state index in [-0.39, 0.29) is 11.9 Å². The number of rotatable bonds is 6. The van der Waals surface area contributed by atoms with Gasteiger partial charge in [-0.15, -0.1) is 20.2 Å². The largest absolute Gasteiger partial charge is 0.399 e. The lowest BCUT2D eigenvalue weighted by atomic mass is 10.2. The van der Waals surface area contributed by atoms with Gasteiger partial charge in [0.25, 0.3) is 5.91 Å². The molecule has 1 aliphatic carbocycles. The monoisotopic (exact) mass is 464 g/mol. The zero-order valence-electron chi connectivity index (χ0n) is 17.6. The van der Waals surface area contributed by atoms with Crippen molar-refractivity contribution in [2.75, 3.05) is 46.6 Å². The molecule has 164 valence electrons. The van der Waals surface area contributed by atoms with Gasteiger partial charge in [0.05, 0.1) is 5.29 Å². The Morgan fingerprint density at radius 3 is 2.47 bits per heavy atom. The molecule has 3 heterocycles. The maximum absolute atomic E-state index is 13.3. The third-order valence-corrected chi connectivity index (χ3v) is 7.21. The first-order chi connectivity index (χ1) is 15.6. The molecule has 0 atom stereocenters. The second-order valence-corrected chi connectivity index (χ2v) is 9.44. The molecule has 0 spiro atoms. The molecule has 9 heteroatoms. The van der Waals surface area contributed by atoms with Gasteiger partial charge in [0, 0.05) is 67.3 Å². The van der Waals surface area contributed by atoms with Crippen LogP contribution in [-0.2, 0) is 4.79 Å². The molecule has 1 saturated heterocycles. The van der Waals surface area contributed by atoms with E-state index in [9.17, 15) is 4.79 Å². The smallest absolute Gasteiger partial charge is 0.266 e. The van der Waals surface area contributed by atoms with Gasteiger partial charge in [-0.2, -0.15) is 0 Å². The van der Waals surface area contributed by atoms with Gasteiger partial charge in [-0.05, 0) is 25.0 Å². The van der Waals surface area contributed by atoms with Crippen LogP contribution in [0.2, 0.25) is 0 Å². The summed E-state index contributed by atoms with van der Waals surface area (Å²) in [6.45, 7) is 3.50. The third kappa shape index (κ3) is 4.33. The van der Waals surface area contributed by atoms with E-state index in [1.54, 1.807) is 17.2 Å². The summed E-state index contributed by atoms with van der Waals surface area (Å²) in [6, 6.07) is 14.3. The van der Waals surface area contributed by atoms with Gasteiger partial charge in [-0.25, -0.2) is 9.97 Å². The predicted octanol–water partition coefficient (Wildman–Crippen LogP) is 3.31. The first-order valence-corrected chi connectivity index (χ1v) is 12.1. The highest BCUT2D eigenvalue weighted by Crippen LogP contribution is 2.34. The van der Waals surface area contributed by atoms with Crippen LogP contribution in [0.4, 0.5) is 23.0 Å². The maximum Gasteiger partial charge on any atom is 0.266 e. The fraction of sp³-hybridized carbons (Fsp3) is 0.304. The maximum atomic E-state index is 13.3. The molecule has 7 nitrogen and oxygen atoms in total. The van der Waals surface area contributed by atoms with E-state index < -0.39 is 0 Å². The summed E-state index contributed by atoms with van der Waals surface area (Å²) in [7, 11) is 3.53. The van der Waals surface area contributed by atoms with Gasteiger partial charge in [0.1, 0.15) is 16.6 Å². The fourth-order valence-corrected chi connectivity index (χ4v) is 4.93. The Morgan fingerprint density at radius 2 is 1.81 bits per heavy atom. The molecule has 5 rings (SSSR count). The van der Waals surface area contributed by atoms with Crippen LogP contribution in [0, 0.1) is 0 Å². The Hall–Kier alpha value is -2.96. The molecule has 32 heavy (non-hydrogen) atoms. The van der Waals surface area contributed by atoms with Crippen LogP contribution in [0.3, 0.4) is 0 Å². The number of thiazole rings is 1. The molecule has 2 aromatic heterocycles. The minimum absolute atomic E-state index is 0.128. The standard InChI is InChI=1S/C23H25N6OPS/c24-16-14-19(28-11-9-27(10-12-28)17-4-2-1-3-5-17)26-20(15-16)29(18-6-7-18)23(30)21(31)22-25-8-13-32-22/h1-5,8,13-15,18,31H,6-7,9-12H2,(H2,24,26). The lowest BCUT2D eigenvalue weighted by Crippen LogP contribution is -2.47. The number of nitrogens with two attached hydrogens (primary N) is 1. The van der Waals surface area contributed by atoms with Crippen molar-refractivity contribution in [3.05, 3.63) is 59.0 Å². The number of benzene rings is 1. The van der Waals surface area contributed by atoms with Gasteiger partial charge in [0.15, 0.2) is 0 Å². The summed E-state index contributed by atoms with van der Waals surface area (Å²) >= 11 is 1.43. The van der Waals surface area contributed by atoms with Crippen LogP contribution >= 0.6 is 20.2 Å². The molecular weight excluding hydrogens is 439 g/mol. The minimum Gasteiger partial charge on any atom is -0.399 e. The number of amides is 1. The molecular formula is C23H25N6OPS. The summed E-state index contributed by atoms with van der Waals surface area (Å²) < 4.78 is 0. The molecule has 0 unspecified atom stereocenters. The highest BCUT2D eigenvalue weighted by molar-refractivity contribution is 7.30. The van der Waals surface area contributed by atoms with E-state index in [4.69, 9.17) is 10.7 Å². The number of nitrogen functional groups attached to an aromatic ring is 1. The van der Waals surface area contributed by atoms with Gasteiger partial charge in [-0.3, -0.25) is 9.69 Å². The van der Waals surface area contributed by atoms with Crippen LogP contribution in [0.5, 0.6) is 0 Å². The van der Waals surface area contributed by atoms with Gasteiger partial charge in [0.2, 0.25) is 0 Å². The van der Waals surface area contributed by atoms with E-state index in [2.05, 4.69) is 47.9 Å². The van der Waals surface area contributed by atoms with Crippen LogP contribution in [0.15, 0.2) is 54.0 Å². The Bertz CT molecular complexity index is 1110. The lowest BCUT2D eigenvalue weighted by Gasteiger charge is -2.37. The summed E-state index contributed by atoms with van der Waals surface area (Å²) in [5.41, 5.74) is 8.12. The summed E-state index contributed by atoms with van der Waals surface area (Å²) in [5, 5.41) is 2.98. The van der Waals surface area contributed by atoms with Crippen molar-refractivity contribution >= 4 is 54.4 Å². The lowest BCUT2D eigenvalue weighted by molar-refractivity contribution is -0.112. The zero-order chi connectivity index (χ0) is 22.1. The third-order valence-electron chi connectivity index (χ3n) is 5.78. The number of pyridine rings is 1. The first kappa shape index (κ1) is 20.9. The minimum atomic E-state index is -0.128. The molecule has 1 amide bonds. The molecule has 1 aromatic carbocycles. The Balaban J connectivity index is 1.36. The average Bonchev–Trinajstić information content (AvgIpc) is 3.50. The number of aromatic nitrogens is 2. The van der Waals surface area contributed by atoms with Crippen molar-refractivity contribution in [3.63, 3.8) is 0 Å². The Labute approximate surface area is 193 Å². The van der Waals surface area contributed by atoms with Crippen molar-refractivity contribution < 1.29 is 4.79 Å². The first-order valence-electron chi connectivity index (χ1n) is 10.7. The van der Waals surface area contributed by atoms with Crippen molar-refractivity contribution in [3.8, 4) is 0 Å². The van der Waals surface area contributed by atoms with E-state index in [1.807, 2.05) is 17.5 Å². The quantitative estimate of drug-likeness (QED) is 0.564. The van der Waals surface area contributed by atoms with Crippen LogP contribution in [0.1, 0.15) is 17.8 Å². The Kier molecular flexibility index (Phi) is 5.81. The average molecular weight is 465 g/mol. The molecule has 0 radical (unpaired) electrons. The summed E-state index contributed by atoms with van der Waals surface area (Å²) in [5.74, 6) is 1.29. The fourth-order valence-electron chi connectivity index (χ4n) is 3.99. The number of piperazine rings is 1. The normalized spacial score (nSPS) is 16.1. The molecule has 3 aromatic rings. The molecule has 1 saturated carbocycles. The number of hydrogen-bond acceptors (Lipinski definition) is 7. The summed E-state index contributed by atoms with van der Waals surface area (Å²) in [6.07, 6.45) is 3.62.